The van der Waals surface area contributed by atoms with Crippen LogP contribution in [0.3, 0.4) is 0 Å². The number of ether oxygens (including phenoxy) is 1. The summed E-state index contributed by atoms with van der Waals surface area (Å²) in [4.78, 5) is 38.8. The summed E-state index contributed by atoms with van der Waals surface area (Å²) < 4.78 is 7.77. The van der Waals surface area contributed by atoms with Gasteiger partial charge in [0.15, 0.2) is 0 Å². The maximum Gasteiger partial charge on any atom is 0.328 e. The van der Waals surface area contributed by atoms with E-state index in [1.165, 1.54) is 4.68 Å². The van der Waals surface area contributed by atoms with Crippen LogP contribution in [0, 0.1) is 6.92 Å². The minimum Gasteiger partial charge on any atom is -0.494 e. The summed E-state index contributed by atoms with van der Waals surface area (Å²) in [6.45, 7) is 4.61. The zero-order valence-corrected chi connectivity index (χ0v) is 23.9. The molecule has 0 spiro atoms. The molecule has 1 heterocycles. The van der Waals surface area contributed by atoms with Gasteiger partial charge >= 0.3 is 11.8 Å². The summed E-state index contributed by atoms with van der Waals surface area (Å²) >= 11 is 9.62. The van der Waals surface area contributed by atoms with E-state index in [4.69, 9.17) is 16.3 Å². The molecule has 0 bridgehead atoms. The van der Waals surface area contributed by atoms with Gasteiger partial charge in [-0.15, -0.1) is 0 Å². The molecule has 4 aromatic rings. The van der Waals surface area contributed by atoms with E-state index in [1.807, 2.05) is 13.0 Å². The van der Waals surface area contributed by atoms with E-state index >= 15 is 0 Å². The third-order valence-corrected chi connectivity index (χ3v) is 6.87. The number of halogens is 2. The number of hydrogen-bond acceptors (Lipinski definition) is 4. The van der Waals surface area contributed by atoms with Crippen molar-refractivity contribution in [2.75, 3.05) is 22.7 Å². The molecule has 0 radical (unpaired) electrons. The Morgan fingerprint density at radius 2 is 1.64 bits per heavy atom. The predicted octanol–water partition coefficient (Wildman–Crippen LogP) is 6.90. The normalized spacial score (nSPS) is 10.8. The van der Waals surface area contributed by atoms with E-state index in [2.05, 4.69) is 38.9 Å². The number of amides is 3. The Morgan fingerprint density at radius 1 is 0.897 bits per heavy atom. The van der Waals surface area contributed by atoms with Crippen LogP contribution in [0.2, 0.25) is 5.02 Å². The average Bonchev–Trinajstić information content (AvgIpc) is 3.27. The van der Waals surface area contributed by atoms with Gasteiger partial charge in [0, 0.05) is 26.3 Å². The van der Waals surface area contributed by atoms with Gasteiger partial charge in [0.2, 0.25) is 0 Å². The van der Waals surface area contributed by atoms with E-state index in [-0.39, 0.29) is 5.69 Å². The molecule has 3 aromatic carbocycles. The third kappa shape index (κ3) is 7.19. The van der Waals surface area contributed by atoms with Crippen molar-refractivity contribution < 1.29 is 19.1 Å². The van der Waals surface area contributed by atoms with Crippen LogP contribution in [0.5, 0.6) is 5.75 Å². The van der Waals surface area contributed by atoms with Crippen LogP contribution < -0.4 is 20.8 Å². The summed E-state index contributed by atoms with van der Waals surface area (Å²) in [5.74, 6) is -1.63. The number of aryl methyl sites for hydroxylation is 1. The molecule has 0 saturated heterocycles. The van der Waals surface area contributed by atoms with Crippen LogP contribution >= 0.6 is 27.5 Å². The maximum atomic E-state index is 13.2. The Bertz CT molecular complexity index is 1520. The fraction of sp³-hybridized carbons (Fsp3) is 0.207. The molecule has 0 saturated carbocycles. The first-order valence-electron chi connectivity index (χ1n) is 12.5. The zero-order chi connectivity index (χ0) is 27.9. The minimum atomic E-state index is -0.942. The van der Waals surface area contributed by atoms with Gasteiger partial charge in [0.05, 0.1) is 12.1 Å². The second-order valence-electron chi connectivity index (χ2n) is 8.96. The van der Waals surface area contributed by atoms with Crippen molar-refractivity contribution in [3.8, 4) is 5.75 Å². The summed E-state index contributed by atoms with van der Waals surface area (Å²) in [6, 6.07) is 18.9. The number of nitrogens with zero attached hydrogens (tertiary/aromatic N) is 1. The lowest BCUT2D eigenvalue weighted by Gasteiger charge is -2.13. The molecule has 0 aliphatic rings. The smallest absolute Gasteiger partial charge is 0.328 e. The number of fused-ring (bicyclic) bond motifs is 1. The number of carbonyl (C=O) groups excluding carboxylic acids is 3. The van der Waals surface area contributed by atoms with Gasteiger partial charge in [-0.05, 0) is 79.6 Å². The van der Waals surface area contributed by atoms with Crippen LogP contribution in [0.15, 0.2) is 71.2 Å². The molecule has 0 unspecified atom stereocenters. The fourth-order valence-corrected chi connectivity index (χ4v) is 4.42. The molecule has 0 atom stereocenters. The van der Waals surface area contributed by atoms with E-state index < -0.39 is 17.7 Å². The first-order valence-corrected chi connectivity index (χ1v) is 13.7. The first-order chi connectivity index (χ1) is 18.7. The molecule has 39 heavy (non-hydrogen) atoms. The Balaban J connectivity index is 1.49. The van der Waals surface area contributed by atoms with Crippen molar-refractivity contribution >= 4 is 67.5 Å². The number of aromatic nitrogens is 1. The van der Waals surface area contributed by atoms with Crippen molar-refractivity contribution in [1.82, 2.24) is 4.68 Å². The Hall–Kier alpha value is -3.82. The van der Waals surface area contributed by atoms with Gasteiger partial charge in [-0.3, -0.25) is 19.8 Å². The number of nitrogens with one attached hydrogen (secondary N) is 3. The Morgan fingerprint density at radius 3 is 2.36 bits per heavy atom. The molecule has 0 fully saturated rings. The van der Waals surface area contributed by atoms with Gasteiger partial charge in [-0.1, -0.05) is 53.4 Å². The molecule has 8 nitrogen and oxygen atoms in total. The van der Waals surface area contributed by atoms with Crippen LogP contribution in [0.4, 0.5) is 11.4 Å². The SMILES string of the molecule is CCCCCOc1ccc(NC(=O)C(=O)Nn2c(C(=O)Nc3ccc(C)c(Cl)c3)cc3cc(Br)ccc32)cc1. The molecular formula is C29H28BrClN4O4. The summed E-state index contributed by atoms with van der Waals surface area (Å²) in [7, 11) is 0. The number of hydrogen-bond donors (Lipinski definition) is 3. The maximum absolute atomic E-state index is 13.2. The van der Waals surface area contributed by atoms with Gasteiger partial charge in [-0.2, -0.15) is 0 Å². The molecule has 202 valence electrons. The second kappa shape index (κ2) is 12.8. The largest absolute Gasteiger partial charge is 0.494 e. The standard InChI is InChI=1S/C29H28BrClN4O4/c1-3-4-5-14-39-23-11-9-21(10-12-23)32-28(37)29(38)34-35-25-13-7-20(30)15-19(25)16-26(35)27(36)33-22-8-6-18(2)24(31)17-22/h6-13,15-17H,3-5,14H2,1-2H3,(H,32,37)(H,33,36)(H,34,38). The zero-order valence-electron chi connectivity index (χ0n) is 21.5. The number of benzene rings is 3. The van der Waals surface area contributed by atoms with Crippen LogP contribution in [0.1, 0.15) is 42.2 Å². The highest BCUT2D eigenvalue weighted by molar-refractivity contribution is 9.10. The van der Waals surface area contributed by atoms with Crippen molar-refractivity contribution in [1.29, 1.82) is 0 Å². The lowest BCUT2D eigenvalue weighted by Crippen LogP contribution is -2.36. The van der Waals surface area contributed by atoms with Crippen molar-refractivity contribution in [3.05, 3.63) is 87.5 Å². The summed E-state index contributed by atoms with van der Waals surface area (Å²) in [6.07, 6.45) is 3.18. The van der Waals surface area contributed by atoms with Gasteiger partial charge in [-0.25, -0.2) is 4.68 Å². The van der Waals surface area contributed by atoms with Gasteiger partial charge < -0.3 is 15.4 Å². The molecule has 4 rings (SSSR count). The molecule has 3 amide bonds. The molecule has 10 heteroatoms. The van der Waals surface area contributed by atoms with E-state index in [9.17, 15) is 14.4 Å². The van der Waals surface area contributed by atoms with Gasteiger partial charge in [0.25, 0.3) is 5.91 Å². The molecular weight excluding hydrogens is 584 g/mol. The quantitative estimate of drug-likeness (QED) is 0.142. The fourth-order valence-electron chi connectivity index (χ4n) is 3.86. The minimum absolute atomic E-state index is 0.130. The second-order valence-corrected chi connectivity index (χ2v) is 10.3. The number of unbranched alkanes of at least 4 members (excludes halogenated alkanes) is 2. The van der Waals surface area contributed by atoms with Gasteiger partial charge in [0.1, 0.15) is 11.4 Å². The van der Waals surface area contributed by atoms with Crippen LogP contribution in [0.25, 0.3) is 10.9 Å². The van der Waals surface area contributed by atoms with Crippen LogP contribution in [-0.2, 0) is 9.59 Å². The van der Waals surface area contributed by atoms with Crippen molar-refractivity contribution in [2.45, 2.75) is 33.1 Å². The van der Waals surface area contributed by atoms with E-state index in [0.717, 1.165) is 29.3 Å². The third-order valence-electron chi connectivity index (χ3n) is 5.97. The van der Waals surface area contributed by atoms with Crippen LogP contribution in [-0.4, -0.2) is 29.0 Å². The molecule has 3 N–H and O–H groups in total. The Labute approximate surface area is 239 Å². The topological polar surface area (TPSA) is 101 Å². The van der Waals surface area contributed by atoms with E-state index in [1.54, 1.807) is 60.7 Å². The highest BCUT2D eigenvalue weighted by atomic mass is 79.9. The van der Waals surface area contributed by atoms with Crippen molar-refractivity contribution in [3.63, 3.8) is 0 Å². The lowest BCUT2D eigenvalue weighted by atomic mass is 10.2. The number of rotatable bonds is 9. The summed E-state index contributed by atoms with van der Waals surface area (Å²) in [5.41, 5.74) is 5.03. The average molecular weight is 612 g/mol. The predicted molar refractivity (Wildman–Crippen MR) is 158 cm³/mol. The molecule has 1 aromatic heterocycles. The van der Waals surface area contributed by atoms with Crippen molar-refractivity contribution in [2.24, 2.45) is 0 Å². The molecule has 0 aliphatic carbocycles. The highest BCUT2D eigenvalue weighted by Gasteiger charge is 2.21. The number of carbonyl (C=O) groups is 3. The van der Waals surface area contributed by atoms with E-state index in [0.29, 0.717) is 39.7 Å². The highest BCUT2D eigenvalue weighted by Crippen LogP contribution is 2.25. The number of anilines is 2. The summed E-state index contributed by atoms with van der Waals surface area (Å²) in [5, 5.41) is 6.56. The Kier molecular flexibility index (Phi) is 9.27. The molecule has 0 aliphatic heterocycles. The first kappa shape index (κ1) is 28.2. The lowest BCUT2D eigenvalue weighted by molar-refractivity contribution is -0.133. The monoisotopic (exact) mass is 610 g/mol.